The third kappa shape index (κ3) is 3.29. The van der Waals surface area contributed by atoms with Crippen molar-refractivity contribution in [3.8, 4) is 22.4 Å². The number of hydrogen-bond donors (Lipinski definition) is 1. The van der Waals surface area contributed by atoms with Crippen LogP contribution in [0, 0.1) is 0 Å². The summed E-state index contributed by atoms with van der Waals surface area (Å²) < 4.78 is 24.4. The minimum atomic E-state index is -3.70. The van der Waals surface area contributed by atoms with E-state index in [1.807, 2.05) is 37.5 Å². The fraction of sp³-hybridized carbons (Fsp3) is 0.0625. The number of nitrogens with zero attached hydrogens (tertiary/aromatic N) is 2. The van der Waals surface area contributed by atoms with Crippen LogP contribution in [0.15, 0.2) is 59.6 Å². The Balaban J connectivity index is 2.09. The summed E-state index contributed by atoms with van der Waals surface area (Å²) in [7, 11) is -1.87. The van der Waals surface area contributed by atoms with Gasteiger partial charge < -0.3 is 0 Å². The second-order valence-electron chi connectivity index (χ2n) is 5.14. The first-order valence-electron chi connectivity index (χ1n) is 6.77. The van der Waals surface area contributed by atoms with Crippen molar-refractivity contribution >= 4 is 21.6 Å². The molecule has 0 amide bonds. The highest BCUT2D eigenvalue weighted by atomic mass is 35.5. The Labute approximate surface area is 139 Å². The van der Waals surface area contributed by atoms with Gasteiger partial charge in [0.25, 0.3) is 0 Å². The van der Waals surface area contributed by atoms with E-state index >= 15 is 0 Å². The molecule has 0 aliphatic carbocycles. The predicted octanol–water partition coefficient (Wildman–Crippen LogP) is 3.05. The van der Waals surface area contributed by atoms with Crippen LogP contribution >= 0.6 is 11.6 Å². The molecule has 1 heterocycles. The maximum absolute atomic E-state index is 11.4. The van der Waals surface area contributed by atoms with Gasteiger partial charge in [0.15, 0.2) is 0 Å². The summed E-state index contributed by atoms with van der Waals surface area (Å²) in [6, 6.07) is 13.8. The standard InChI is InChI=1S/C16H14ClN3O2S/c1-20-10-15(11-2-6-13(17)7-3-11)16(19-20)12-4-8-14(9-5-12)23(18,21)22/h2-10H,1H3,(H2,18,21,22). The Hall–Kier alpha value is -2.15. The van der Waals surface area contributed by atoms with Crippen LogP contribution in [-0.4, -0.2) is 18.2 Å². The summed E-state index contributed by atoms with van der Waals surface area (Å²) in [5, 5.41) is 10.3. The molecule has 23 heavy (non-hydrogen) atoms. The van der Waals surface area contributed by atoms with E-state index < -0.39 is 10.0 Å². The van der Waals surface area contributed by atoms with Crippen LogP contribution in [0.2, 0.25) is 5.02 Å². The van der Waals surface area contributed by atoms with E-state index in [0.717, 1.165) is 22.4 Å². The molecule has 118 valence electrons. The van der Waals surface area contributed by atoms with Gasteiger partial charge in [-0.15, -0.1) is 0 Å². The third-order valence-electron chi connectivity index (χ3n) is 3.44. The highest BCUT2D eigenvalue weighted by Gasteiger charge is 2.14. The fourth-order valence-electron chi connectivity index (χ4n) is 2.34. The number of halogens is 1. The van der Waals surface area contributed by atoms with Crippen molar-refractivity contribution in [2.75, 3.05) is 0 Å². The van der Waals surface area contributed by atoms with E-state index in [4.69, 9.17) is 16.7 Å². The minimum Gasteiger partial charge on any atom is -0.275 e. The number of hydrogen-bond acceptors (Lipinski definition) is 3. The highest BCUT2D eigenvalue weighted by Crippen LogP contribution is 2.31. The SMILES string of the molecule is Cn1cc(-c2ccc(Cl)cc2)c(-c2ccc(S(N)(=O)=O)cc2)n1. The van der Waals surface area contributed by atoms with E-state index in [-0.39, 0.29) is 4.90 Å². The van der Waals surface area contributed by atoms with Crippen molar-refractivity contribution in [2.45, 2.75) is 4.90 Å². The molecule has 2 N–H and O–H groups in total. The molecular weight excluding hydrogens is 334 g/mol. The van der Waals surface area contributed by atoms with E-state index in [1.54, 1.807) is 16.8 Å². The Kier molecular flexibility index (Phi) is 3.97. The van der Waals surface area contributed by atoms with Gasteiger partial charge in [-0.2, -0.15) is 5.10 Å². The molecule has 0 fully saturated rings. The van der Waals surface area contributed by atoms with Crippen LogP contribution in [0.25, 0.3) is 22.4 Å². The predicted molar refractivity (Wildman–Crippen MR) is 90.5 cm³/mol. The van der Waals surface area contributed by atoms with Crippen molar-refractivity contribution in [2.24, 2.45) is 12.2 Å². The fourth-order valence-corrected chi connectivity index (χ4v) is 2.99. The lowest BCUT2D eigenvalue weighted by Gasteiger charge is -2.04. The third-order valence-corrected chi connectivity index (χ3v) is 4.62. The molecule has 2 aromatic carbocycles. The van der Waals surface area contributed by atoms with Crippen LogP contribution in [0.3, 0.4) is 0 Å². The number of sulfonamides is 1. The lowest BCUT2D eigenvalue weighted by Crippen LogP contribution is -2.11. The molecule has 0 unspecified atom stereocenters. The molecule has 1 aromatic heterocycles. The summed E-state index contributed by atoms with van der Waals surface area (Å²) >= 11 is 5.93. The van der Waals surface area contributed by atoms with Crippen LogP contribution in [0.1, 0.15) is 0 Å². The molecule has 0 spiro atoms. The van der Waals surface area contributed by atoms with Crippen LogP contribution in [0.5, 0.6) is 0 Å². The van der Waals surface area contributed by atoms with Crippen LogP contribution in [0.4, 0.5) is 0 Å². The summed E-state index contributed by atoms with van der Waals surface area (Å²) in [5.74, 6) is 0. The van der Waals surface area contributed by atoms with Crippen molar-refractivity contribution in [3.05, 3.63) is 59.8 Å². The van der Waals surface area contributed by atoms with Gasteiger partial charge in [-0.3, -0.25) is 4.68 Å². The number of aryl methyl sites for hydroxylation is 1. The normalized spacial score (nSPS) is 11.6. The Bertz CT molecular complexity index is 946. The summed E-state index contributed by atoms with van der Waals surface area (Å²) in [6.07, 6.45) is 1.91. The Morgan fingerprint density at radius 1 is 1.00 bits per heavy atom. The number of rotatable bonds is 3. The quantitative estimate of drug-likeness (QED) is 0.790. The van der Waals surface area contributed by atoms with Gasteiger partial charge in [-0.05, 0) is 29.8 Å². The highest BCUT2D eigenvalue weighted by molar-refractivity contribution is 7.89. The summed E-state index contributed by atoms with van der Waals surface area (Å²) in [4.78, 5) is 0.0743. The molecule has 0 saturated carbocycles. The van der Waals surface area contributed by atoms with Crippen molar-refractivity contribution in [3.63, 3.8) is 0 Å². The second kappa shape index (κ2) is 5.81. The van der Waals surface area contributed by atoms with E-state index in [9.17, 15) is 8.42 Å². The summed E-state index contributed by atoms with van der Waals surface area (Å²) in [5.41, 5.74) is 3.49. The molecule has 0 radical (unpaired) electrons. The summed E-state index contributed by atoms with van der Waals surface area (Å²) in [6.45, 7) is 0. The monoisotopic (exact) mass is 347 g/mol. The van der Waals surface area contributed by atoms with Gasteiger partial charge in [0.1, 0.15) is 5.69 Å². The average molecular weight is 348 g/mol. The van der Waals surface area contributed by atoms with Crippen molar-refractivity contribution in [1.29, 1.82) is 0 Å². The van der Waals surface area contributed by atoms with Crippen LogP contribution in [-0.2, 0) is 17.1 Å². The number of aromatic nitrogens is 2. The molecule has 0 aliphatic rings. The molecule has 3 rings (SSSR count). The molecule has 3 aromatic rings. The molecule has 5 nitrogen and oxygen atoms in total. The van der Waals surface area contributed by atoms with Crippen molar-refractivity contribution in [1.82, 2.24) is 9.78 Å². The van der Waals surface area contributed by atoms with Gasteiger partial charge in [0.05, 0.1) is 4.90 Å². The maximum Gasteiger partial charge on any atom is 0.238 e. The molecule has 7 heteroatoms. The molecule has 0 bridgehead atoms. The zero-order valence-corrected chi connectivity index (χ0v) is 13.8. The average Bonchev–Trinajstić information content (AvgIpc) is 2.89. The zero-order valence-electron chi connectivity index (χ0n) is 12.3. The second-order valence-corrected chi connectivity index (χ2v) is 7.14. The molecule has 0 atom stereocenters. The van der Waals surface area contributed by atoms with E-state index in [2.05, 4.69) is 5.10 Å². The first-order chi connectivity index (χ1) is 10.8. The van der Waals surface area contributed by atoms with Gasteiger partial charge in [-0.1, -0.05) is 35.9 Å². The van der Waals surface area contributed by atoms with E-state index in [1.165, 1.54) is 12.1 Å². The van der Waals surface area contributed by atoms with E-state index in [0.29, 0.717) is 5.02 Å². The van der Waals surface area contributed by atoms with Gasteiger partial charge in [-0.25, -0.2) is 13.6 Å². The lowest BCUT2D eigenvalue weighted by molar-refractivity contribution is 0.598. The first-order valence-corrected chi connectivity index (χ1v) is 8.70. The maximum atomic E-state index is 11.4. The van der Waals surface area contributed by atoms with Crippen molar-refractivity contribution < 1.29 is 8.42 Å². The van der Waals surface area contributed by atoms with Gasteiger partial charge in [0.2, 0.25) is 10.0 Å². The molecule has 0 saturated heterocycles. The van der Waals surface area contributed by atoms with Gasteiger partial charge in [0, 0.05) is 29.4 Å². The molecular formula is C16H14ClN3O2S. The molecule has 0 aliphatic heterocycles. The first kappa shape index (κ1) is 15.7. The minimum absolute atomic E-state index is 0.0743. The zero-order chi connectivity index (χ0) is 16.6. The lowest BCUT2D eigenvalue weighted by atomic mass is 10.0. The number of primary sulfonamides is 1. The van der Waals surface area contributed by atoms with Gasteiger partial charge >= 0.3 is 0 Å². The Morgan fingerprint density at radius 3 is 2.13 bits per heavy atom. The van der Waals surface area contributed by atoms with Crippen LogP contribution < -0.4 is 5.14 Å². The smallest absolute Gasteiger partial charge is 0.238 e. The largest absolute Gasteiger partial charge is 0.275 e. The Morgan fingerprint density at radius 2 is 1.57 bits per heavy atom. The number of nitrogens with two attached hydrogens (primary N) is 1. The topological polar surface area (TPSA) is 78.0 Å². The number of benzene rings is 2.